The van der Waals surface area contributed by atoms with Crippen molar-refractivity contribution in [2.75, 3.05) is 20.2 Å². The maximum atomic E-state index is 11.5. The Balaban J connectivity index is 1.99. The topological polar surface area (TPSA) is 74.4 Å². The summed E-state index contributed by atoms with van der Waals surface area (Å²) in [5.41, 5.74) is 1.00. The summed E-state index contributed by atoms with van der Waals surface area (Å²) in [5, 5.41) is 2.80. The highest BCUT2D eigenvalue weighted by Gasteiger charge is 2.31. The van der Waals surface area contributed by atoms with E-state index in [4.69, 9.17) is 0 Å². The van der Waals surface area contributed by atoms with Crippen LogP contribution >= 0.6 is 0 Å². The third-order valence-corrected chi connectivity index (χ3v) is 2.56. The largest absolute Gasteiger partial charge is 0.468 e. The number of hydrogen-bond acceptors (Lipinski definition) is 3. The molecule has 1 aliphatic rings. The molecule has 16 heavy (non-hydrogen) atoms. The molecule has 6 nitrogen and oxygen atoms in total. The van der Waals surface area contributed by atoms with Crippen LogP contribution in [0.5, 0.6) is 0 Å². The van der Waals surface area contributed by atoms with Crippen molar-refractivity contribution in [1.82, 2.24) is 15.2 Å². The van der Waals surface area contributed by atoms with Crippen LogP contribution < -0.4 is 5.32 Å². The van der Waals surface area contributed by atoms with Gasteiger partial charge in [-0.05, 0) is 11.6 Å². The average molecular weight is 223 g/mol. The smallest absolute Gasteiger partial charge is 0.325 e. The van der Waals surface area contributed by atoms with Crippen molar-refractivity contribution in [3.8, 4) is 0 Å². The highest BCUT2D eigenvalue weighted by atomic mass is 16.5. The Bertz CT molecular complexity index is 388. The molecule has 1 aromatic rings. The summed E-state index contributed by atoms with van der Waals surface area (Å²) in [4.78, 5) is 26.9. The molecule has 1 saturated heterocycles. The van der Waals surface area contributed by atoms with Crippen LogP contribution in [0.25, 0.3) is 0 Å². The minimum absolute atomic E-state index is 0.0107. The molecule has 1 aliphatic heterocycles. The molecule has 0 bridgehead atoms. The molecule has 1 aromatic heterocycles. The molecule has 2 rings (SSSR count). The predicted molar refractivity (Wildman–Crippen MR) is 55.7 cm³/mol. The summed E-state index contributed by atoms with van der Waals surface area (Å²) >= 11 is 0. The SMILES string of the molecule is COC(=O)CN1CC(c2cc[nH]c2)NC1=O. The highest BCUT2D eigenvalue weighted by molar-refractivity contribution is 5.82. The monoisotopic (exact) mass is 223 g/mol. The number of nitrogens with one attached hydrogen (secondary N) is 2. The standard InChI is InChI=1S/C10H13N3O3/c1-16-9(14)6-13-5-8(12-10(13)15)7-2-3-11-4-7/h2-4,8,11H,5-6H2,1H3,(H,12,15). The number of amides is 2. The van der Waals surface area contributed by atoms with Crippen LogP contribution in [0.3, 0.4) is 0 Å². The molecular formula is C10H13N3O3. The Labute approximate surface area is 92.6 Å². The molecule has 2 N–H and O–H groups in total. The fourth-order valence-electron chi connectivity index (χ4n) is 1.69. The lowest BCUT2D eigenvalue weighted by atomic mass is 10.1. The van der Waals surface area contributed by atoms with E-state index in [1.54, 1.807) is 6.20 Å². The van der Waals surface area contributed by atoms with Crippen molar-refractivity contribution in [2.24, 2.45) is 0 Å². The van der Waals surface area contributed by atoms with Crippen molar-refractivity contribution in [3.63, 3.8) is 0 Å². The van der Waals surface area contributed by atoms with E-state index >= 15 is 0 Å². The zero-order chi connectivity index (χ0) is 11.5. The van der Waals surface area contributed by atoms with E-state index in [0.717, 1.165) is 5.56 Å². The number of nitrogens with zero attached hydrogens (tertiary/aromatic N) is 1. The summed E-state index contributed by atoms with van der Waals surface area (Å²) < 4.78 is 4.52. The average Bonchev–Trinajstić information content (AvgIpc) is 2.88. The number of H-pyrrole nitrogens is 1. The van der Waals surface area contributed by atoms with Crippen molar-refractivity contribution >= 4 is 12.0 Å². The van der Waals surface area contributed by atoms with Crippen molar-refractivity contribution in [2.45, 2.75) is 6.04 Å². The first-order chi connectivity index (χ1) is 7.70. The van der Waals surface area contributed by atoms with E-state index in [9.17, 15) is 9.59 Å². The lowest BCUT2D eigenvalue weighted by Gasteiger charge is -2.12. The normalized spacial score (nSPS) is 19.7. The van der Waals surface area contributed by atoms with Crippen LogP contribution in [0, 0.1) is 0 Å². The Morgan fingerprint density at radius 2 is 2.50 bits per heavy atom. The maximum Gasteiger partial charge on any atom is 0.325 e. The van der Waals surface area contributed by atoms with Gasteiger partial charge >= 0.3 is 12.0 Å². The Morgan fingerprint density at radius 1 is 1.69 bits per heavy atom. The van der Waals surface area contributed by atoms with E-state index in [0.29, 0.717) is 6.54 Å². The van der Waals surface area contributed by atoms with Crippen LogP contribution in [0.1, 0.15) is 11.6 Å². The Kier molecular flexibility index (Phi) is 2.80. The van der Waals surface area contributed by atoms with Gasteiger partial charge in [0, 0.05) is 18.9 Å². The third kappa shape index (κ3) is 2.00. The van der Waals surface area contributed by atoms with Gasteiger partial charge in [-0.2, -0.15) is 0 Å². The summed E-state index contributed by atoms with van der Waals surface area (Å²) in [5.74, 6) is -0.412. The minimum atomic E-state index is -0.412. The molecule has 0 saturated carbocycles. The molecule has 86 valence electrons. The summed E-state index contributed by atoms with van der Waals surface area (Å²) in [7, 11) is 1.31. The van der Waals surface area contributed by atoms with Gasteiger partial charge < -0.3 is 19.9 Å². The summed E-state index contributed by atoms with van der Waals surface area (Å²) in [6.07, 6.45) is 3.62. The lowest BCUT2D eigenvalue weighted by molar-refractivity contribution is -0.141. The van der Waals surface area contributed by atoms with Gasteiger partial charge in [0.05, 0.1) is 13.2 Å². The van der Waals surface area contributed by atoms with E-state index in [1.165, 1.54) is 12.0 Å². The molecule has 2 amide bonds. The number of aromatic nitrogens is 1. The van der Waals surface area contributed by atoms with Gasteiger partial charge in [0.1, 0.15) is 6.54 Å². The second-order valence-corrected chi connectivity index (χ2v) is 3.60. The fourth-order valence-corrected chi connectivity index (χ4v) is 1.69. The number of carbonyl (C=O) groups is 2. The Morgan fingerprint density at radius 3 is 3.12 bits per heavy atom. The Hall–Kier alpha value is -1.98. The molecule has 1 unspecified atom stereocenters. The molecular weight excluding hydrogens is 210 g/mol. The van der Waals surface area contributed by atoms with E-state index in [-0.39, 0.29) is 18.6 Å². The number of hydrogen-bond donors (Lipinski definition) is 2. The van der Waals surface area contributed by atoms with Gasteiger partial charge in [0.15, 0.2) is 0 Å². The summed E-state index contributed by atoms with van der Waals surface area (Å²) in [6.45, 7) is 0.467. The molecule has 0 aromatic carbocycles. The first-order valence-electron chi connectivity index (χ1n) is 4.95. The van der Waals surface area contributed by atoms with Crippen LogP contribution in [-0.4, -0.2) is 42.1 Å². The highest BCUT2D eigenvalue weighted by Crippen LogP contribution is 2.19. The van der Waals surface area contributed by atoms with Gasteiger partial charge in [-0.15, -0.1) is 0 Å². The molecule has 0 aliphatic carbocycles. The van der Waals surface area contributed by atoms with Crippen molar-refractivity contribution in [3.05, 3.63) is 24.0 Å². The first-order valence-corrected chi connectivity index (χ1v) is 4.95. The lowest BCUT2D eigenvalue weighted by Crippen LogP contribution is -2.33. The first kappa shape index (κ1) is 10.5. The fraction of sp³-hybridized carbons (Fsp3) is 0.400. The molecule has 0 radical (unpaired) electrons. The third-order valence-electron chi connectivity index (χ3n) is 2.56. The molecule has 6 heteroatoms. The second kappa shape index (κ2) is 4.26. The number of rotatable bonds is 3. The summed E-state index contributed by atoms with van der Waals surface area (Å²) in [6, 6.07) is 1.59. The van der Waals surface area contributed by atoms with Gasteiger partial charge in [-0.25, -0.2) is 4.79 Å². The number of aromatic amines is 1. The van der Waals surface area contributed by atoms with E-state index < -0.39 is 5.97 Å². The van der Waals surface area contributed by atoms with Crippen LogP contribution in [-0.2, 0) is 9.53 Å². The second-order valence-electron chi connectivity index (χ2n) is 3.60. The number of urea groups is 1. The quantitative estimate of drug-likeness (QED) is 0.721. The van der Waals surface area contributed by atoms with Crippen LogP contribution in [0.2, 0.25) is 0 Å². The van der Waals surface area contributed by atoms with Crippen LogP contribution in [0.15, 0.2) is 18.5 Å². The molecule has 1 atom stereocenters. The van der Waals surface area contributed by atoms with Gasteiger partial charge in [-0.3, -0.25) is 4.79 Å². The molecule has 2 heterocycles. The van der Waals surface area contributed by atoms with Crippen molar-refractivity contribution in [1.29, 1.82) is 0 Å². The van der Waals surface area contributed by atoms with Gasteiger partial charge in [0.2, 0.25) is 0 Å². The van der Waals surface area contributed by atoms with Gasteiger partial charge in [-0.1, -0.05) is 0 Å². The zero-order valence-electron chi connectivity index (χ0n) is 8.90. The molecule has 0 spiro atoms. The predicted octanol–water partition coefficient (Wildman–Crippen LogP) is 0.254. The number of methoxy groups -OCH3 is 1. The van der Waals surface area contributed by atoms with E-state index in [1.807, 2.05) is 12.3 Å². The number of ether oxygens (including phenoxy) is 1. The number of esters is 1. The van der Waals surface area contributed by atoms with Gasteiger partial charge in [0.25, 0.3) is 0 Å². The van der Waals surface area contributed by atoms with Crippen LogP contribution in [0.4, 0.5) is 4.79 Å². The van der Waals surface area contributed by atoms with Crippen molar-refractivity contribution < 1.29 is 14.3 Å². The maximum absolute atomic E-state index is 11.5. The van der Waals surface area contributed by atoms with E-state index in [2.05, 4.69) is 15.0 Å². The molecule has 1 fully saturated rings. The minimum Gasteiger partial charge on any atom is -0.468 e. The number of carbonyl (C=O) groups excluding carboxylic acids is 2. The zero-order valence-corrected chi connectivity index (χ0v) is 8.90.